The summed E-state index contributed by atoms with van der Waals surface area (Å²) in [6.07, 6.45) is 1.74. The van der Waals surface area contributed by atoms with Crippen molar-refractivity contribution in [3.8, 4) is 0 Å². The molecule has 3 aromatic rings. The number of fused-ring (bicyclic) bond motifs is 1. The van der Waals surface area contributed by atoms with E-state index in [9.17, 15) is 4.79 Å². The van der Waals surface area contributed by atoms with Gasteiger partial charge in [-0.3, -0.25) is 5.10 Å². The minimum absolute atomic E-state index is 0.163. The molecule has 2 aromatic heterocycles. The third kappa shape index (κ3) is 2.37. The number of nitrogens with zero attached hydrogens (tertiary/aromatic N) is 1. The van der Waals surface area contributed by atoms with Crippen LogP contribution in [0.1, 0.15) is 37.2 Å². The van der Waals surface area contributed by atoms with Crippen LogP contribution in [0.3, 0.4) is 0 Å². The van der Waals surface area contributed by atoms with Gasteiger partial charge in [0, 0.05) is 18.3 Å². The standard InChI is InChI=1S/C14H17N5O/c1-8(16-9(2)11-5-6-15-19-11)10-3-4-12-13(7-10)18-14(20)17-12/h3-9,16H,1-2H3,(H,15,19)(H2,17,18,20). The van der Waals surface area contributed by atoms with Crippen molar-refractivity contribution in [3.05, 3.63) is 52.2 Å². The molecule has 2 heterocycles. The zero-order chi connectivity index (χ0) is 14.1. The molecule has 4 N–H and O–H groups in total. The van der Waals surface area contributed by atoms with E-state index in [1.54, 1.807) is 6.20 Å². The fraction of sp³-hybridized carbons (Fsp3) is 0.286. The molecule has 1 aromatic carbocycles. The molecule has 20 heavy (non-hydrogen) atoms. The second kappa shape index (κ2) is 4.97. The zero-order valence-corrected chi connectivity index (χ0v) is 11.4. The van der Waals surface area contributed by atoms with Crippen molar-refractivity contribution in [3.63, 3.8) is 0 Å². The molecule has 0 radical (unpaired) electrons. The fourth-order valence-electron chi connectivity index (χ4n) is 2.39. The van der Waals surface area contributed by atoms with Gasteiger partial charge in [-0.1, -0.05) is 6.07 Å². The van der Waals surface area contributed by atoms with Crippen molar-refractivity contribution in [2.24, 2.45) is 0 Å². The van der Waals surface area contributed by atoms with Crippen molar-refractivity contribution >= 4 is 11.0 Å². The Bertz CT molecular complexity index is 755. The van der Waals surface area contributed by atoms with Crippen LogP contribution in [-0.4, -0.2) is 20.2 Å². The zero-order valence-electron chi connectivity index (χ0n) is 11.4. The van der Waals surface area contributed by atoms with Gasteiger partial charge in [0.15, 0.2) is 0 Å². The van der Waals surface area contributed by atoms with Crippen LogP contribution in [0.15, 0.2) is 35.3 Å². The molecular formula is C14H17N5O. The van der Waals surface area contributed by atoms with Gasteiger partial charge in [0.25, 0.3) is 0 Å². The largest absolute Gasteiger partial charge is 0.323 e. The SMILES string of the molecule is CC(NC(C)c1ccn[nH]1)c1ccc2[nH]c(=O)[nH]c2c1. The summed E-state index contributed by atoms with van der Waals surface area (Å²) >= 11 is 0. The number of hydrogen-bond donors (Lipinski definition) is 4. The first-order chi connectivity index (χ1) is 9.63. The Morgan fingerprint density at radius 1 is 1.10 bits per heavy atom. The van der Waals surface area contributed by atoms with E-state index in [0.717, 1.165) is 22.3 Å². The second-order valence-corrected chi connectivity index (χ2v) is 5.01. The van der Waals surface area contributed by atoms with Gasteiger partial charge in [0.05, 0.1) is 16.7 Å². The number of aromatic nitrogens is 4. The molecule has 0 aliphatic carbocycles. The van der Waals surface area contributed by atoms with E-state index in [1.807, 2.05) is 24.3 Å². The van der Waals surface area contributed by atoms with E-state index in [4.69, 9.17) is 0 Å². The van der Waals surface area contributed by atoms with Crippen molar-refractivity contribution < 1.29 is 0 Å². The average molecular weight is 271 g/mol. The molecular weight excluding hydrogens is 254 g/mol. The van der Waals surface area contributed by atoms with Gasteiger partial charge >= 0.3 is 5.69 Å². The van der Waals surface area contributed by atoms with Gasteiger partial charge < -0.3 is 15.3 Å². The smallest absolute Gasteiger partial charge is 0.306 e. The van der Waals surface area contributed by atoms with E-state index in [2.05, 4.69) is 39.3 Å². The Balaban J connectivity index is 1.81. The highest BCUT2D eigenvalue weighted by molar-refractivity contribution is 5.75. The van der Waals surface area contributed by atoms with Crippen molar-refractivity contribution in [2.75, 3.05) is 0 Å². The first-order valence-electron chi connectivity index (χ1n) is 6.61. The highest BCUT2D eigenvalue weighted by Gasteiger charge is 2.12. The quantitative estimate of drug-likeness (QED) is 0.585. The molecule has 0 spiro atoms. The molecule has 2 unspecified atom stereocenters. The summed E-state index contributed by atoms with van der Waals surface area (Å²) < 4.78 is 0. The van der Waals surface area contributed by atoms with Crippen LogP contribution in [0.5, 0.6) is 0 Å². The number of hydrogen-bond acceptors (Lipinski definition) is 3. The van der Waals surface area contributed by atoms with E-state index < -0.39 is 0 Å². The number of aromatic amines is 3. The van der Waals surface area contributed by atoms with Crippen LogP contribution < -0.4 is 11.0 Å². The lowest BCUT2D eigenvalue weighted by Gasteiger charge is -2.19. The van der Waals surface area contributed by atoms with Gasteiger partial charge in [-0.05, 0) is 37.6 Å². The summed E-state index contributed by atoms with van der Waals surface area (Å²) in [6, 6.07) is 8.22. The predicted molar refractivity (Wildman–Crippen MR) is 77.5 cm³/mol. The summed E-state index contributed by atoms with van der Waals surface area (Å²) in [6.45, 7) is 4.18. The summed E-state index contributed by atoms with van der Waals surface area (Å²) in [5.41, 5.74) is 3.65. The predicted octanol–water partition coefficient (Wildman–Crippen LogP) is 1.99. The molecule has 0 amide bonds. The maximum Gasteiger partial charge on any atom is 0.323 e. The molecule has 104 valence electrons. The summed E-state index contributed by atoms with van der Waals surface area (Å²) in [4.78, 5) is 16.8. The van der Waals surface area contributed by atoms with Crippen LogP contribution in [-0.2, 0) is 0 Å². The first kappa shape index (κ1) is 12.7. The molecule has 0 bridgehead atoms. The van der Waals surface area contributed by atoms with E-state index in [-0.39, 0.29) is 17.8 Å². The molecule has 2 atom stereocenters. The lowest BCUT2D eigenvalue weighted by Crippen LogP contribution is -2.22. The van der Waals surface area contributed by atoms with Crippen LogP contribution in [0.4, 0.5) is 0 Å². The highest BCUT2D eigenvalue weighted by atomic mass is 16.1. The number of imidazole rings is 1. The molecule has 0 fully saturated rings. The summed E-state index contributed by atoms with van der Waals surface area (Å²) in [7, 11) is 0. The fourth-order valence-corrected chi connectivity index (χ4v) is 2.39. The summed E-state index contributed by atoms with van der Waals surface area (Å²) in [5, 5.41) is 10.4. The van der Waals surface area contributed by atoms with Gasteiger partial charge in [0.1, 0.15) is 0 Å². The molecule has 3 rings (SSSR count). The molecule has 0 saturated heterocycles. The Morgan fingerprint density at radius 2 is 1.90 bits per heavy atom. The monoisotopic (exact) mass is 271 g/mol. The van der Waals surface area contributed by atoms with Crippen LogP contribution in [0, 0.1) is 0 Å². The van der Waals surface area contributed by atoms with Crippen molar-refractivity contribution in [1.29, 1.82) is 0 Å². The number of H-pyrrole nitrogens is 3. The van der Waals surface area contributed by atoms with Crippen LogP contribution in [0.25, 0.3) is 11.0 Å². The van der Waals surface area contributed by atoms with Crippen LogP contribution in [0.2, 0.25) is 0 Å². The molecule has 0 aliphatic rings. The minimum atomic E-state index is -0.177. The Labute approximate surface area is 115 Å². The second-order valence-electron chi connectivity index (χ2n) is 5.01. The molecule has 0 saturated carbocycles. The van der Waals surface area contributed by atoms with Crippen molar-refractivity contribution in [2.45, 2.75) is 25.9 Å². The Morgan fingerprint density at radius 3 is 2.65 bits per heavy atom. The van der Waals surface area contributed by atoms with Gasteiger partial charge in [-0.2, -0.15) is 5.10 Å². The number of benzene rings is 1. The lowest BCUT2D eigenvalue weighted by molar-refractivity contribution is 0.486. The van der Waals surface area contributed by atoms with E-state index in [0.29, 0.717) is 0 Å². The topological polar surface area (TPSA) is 89.4 Å². The van der Waals surface area contributed by atoms with Gasteiger partial charge in [-0.25, -0.2) is 4.79 Å². The minimum Gasteiger partial charge on any atom is -0.306 e. The molecule has 6 heteroatoms. The first-order valence-corrected chi connectivity index (χ1v) is 6.61. The Hall–Kier alpha value is -2.34. The summed E-state index contributed by atoms with van der Waals surface area (Å²) in [5.74, 6) is 0. The average Bonchev–Trinajstić information content (AvgIpc) is 3.05. The maximum atomic E-state index is 11.3. The van der Waals surface area contributed by atoms with E-state index >= 15 is 0 Å². The maximum absolute atomic E-state index is 11.3. The third-order valence-corrected chi connectivity index (χ3v) is 3.53. The number of rotatable bonds is 4. The Kier molecular flexibility index (Phi) is 3.15. The molecule has 0 aliphatic heterocycles. The van der Waals surface area contributed by atoms with Gasteiger partial charge in [-0.15, -0.1) is 0 Å². The normalized spacial score (nSPS) is 14.5. The lowest BCUT2D eigenvalue weighted by atomic mass is 10.1. The number of nitrogens with one attached hydrogen (secondary N) is 4. The van der Waals surface area contributed by atoms with Crippen LogP contribution >= 0.6 is 0 Å². The highest BCUT2D eigenvalue weighted by Crippen LogP contribution is 2.20. The molecule has 6 nitrogen and oxygen atoms in total. The van der Waals surface area contributed by atoms with E-state index in [1.165, 1.54) is 0 Å². The third-order valence-electron chi connectivity index (χ3n) is 3.53. The van der Waals surface area contributed by atoms with Gasteiger partial charge in [0.2, 0.25) is 0 Å². The van der Waals surface area contributed by atoms with Crippen molar-refractivity contribution in [1.82, 2.24) is 25.5 Å².